The lowest BCUT2D eigenvalue weighted by Gasteiger charge is -2.21. The molecule has 0 aliphatic carbocycles. The van der Waals surface area contributed by atoms with Gasteiger partial charge in [0, 0.05) is 17.5 Å². The van der Waals surface area contributed by atoms with E-state index in [9.17, 15) is 4.79 Å². The normalized spacial score (nSPS) is 19.5. The Morgan fingerprint density at radius 2 is 2.33 bits per heavy atom. The summed E-state index contributed by atoms with van der Waals surface area (Å²) in [7, 11) is 0. The second kappa shape index (κ2) is 6.34. The quantitative estimate of drug-likeness (QED) is 0.839. The second-order valence-corrected chi connectivity index (χ2v) is 6.25. The number of amides is 1. The number of thioether (sulfide) groups is 1. The van der Waals surface area contributed by atoms with Crippen LogP contribution in [-0.2, 0) is 0 Å². The number of nitrogen functional groups attached to an aromatic ring is 1. The summed E-state index contributed by atoms with van der Waals surface area (Å²) in [5.74, 6) is 1.08. The van der Waals surface area contributed by atoms with Crippen LogP contribution in [0.4, 0.5) is 5.69 Å². The summed E-state index contributed by atoms with van der Waals surface area (Å²) in [4.78, 5) is 12.0. The monoisotopic (exact) mass is 284 g/mol. The van der Waals surface area contributed by atoms with Gasteiger partial charge in [0.25, 0.3) is 5.91 Å². The molecule has 3 N–H and O–H groups in total. The van der Waals surface area contributed by atoms with Gasteiger partial charge in [0.1, 0.15) is 0 Å². The average molecular weight is 285 g/mol. The Morgan fingerprint density at radius 3 is 3.00 bits per heavy atom. The SMILES string of the molecule is Nc1ccc(C(=O)NCC2CCCCS2)c(Cl)c1. The molecule has 0 spiro atoms. The smallest absolute Gasteiger partial charge is 0.252 e. The second-order valence-electron chi connectivity index (χ2n) is 4.44. The van der Waals surface area contributed by atoms with Crippen molar-refractivity contribution in [2.24, 2.45) is 0 Å². The number of carbonyl (C=O) groups is 1. The number of benzene rings is 1. The van der Waals surface area contributed by atoms with E-state index in [0.717, 1.165) is 0 Å². The first-order chi connectivity index (χ1) is 8.66. The van der Waals surface area contributed by atoms with Crippen LogP contribution in [-0.4, -0.2) is 23.5 Å². The summed E-state index contributed by atoms with van der Waals surface area (Å²) >= 11 is 7.94. The molecule has 1 aliphatic heterocycles. The van der Waals surface area contributed by atoms with E-state index in [4.69, 9.17) is 17.3 Å². The van der Waals surface area contributed by atoms with Gasteiger partial charge < -0.3 is 11.1 Å². The Hall–Kier alpha value is -0.870. The maximum absolute atomic E-state index is 12.0. The molecule has 1 unspecified atom stereocenters. The van der Waals surface area contributed by atoms with Gasteiger partial charge >= 0.3 is 0 Å². The third-order valence-electron chi connectivity index (χ3n) is 3.00. The zero-order valence-corrected chi connectivity index (χ0v) is 11.7. The molecule has 5 heteroatoms. The number of nitrogens with two attached hydrogens (primary N) is 1. The van der Waals surface area contributed by atoms with E-state index in [1.54, 1.807) is 18.2 Å². The van der Waals surface area contributed by atoms with E-state index < -0.39 is 0 Å². The van der Waals surface area contributed by atoms with Crippen molar-refractivity contribution < 1.29 is 4.79 Å². The molecule has 0 bridgehead atoms. The molecule has 98 valence electrons. The van der Waals surface area contributed by atoms with Crippen molar-refractivity contribution in [2.75, 3.05) is 18.0 Å². The molecule has 1 saturated heterocycles. The summed E-state index contributed by atoms with van der Waals surface area (Å²) in [5, 5.41) is 3.89. The molecule has 2 rings (SSSR count). The van der Waals surface area contributed by atoms with Crippen LogP contribution < -0.4 is 11.1 Å². The highest BCUT2D eigenvalue weighted by Crippen LogP contribution is 2.24. The Kier molecular flexibility index (Phi) is 4.78. The van der Waals surface area contributed by atoms with E-state index in [1.807, 2.05) is 11.8 Å². The predicted molar refractivity (Wildman–Crippen MR) is 78.3 cm³/mol. The molecule has 0 aromatic heterocycles. The predicted octanol–water partition coefficient (Wildman–Crippen LogP) is 2.94. The van der Waals surface area contributed by atoms with E-state index in [0.29, 0.717) is 28.1 Å². The lowest BCUT2D eigenvalue weighted by Crippen LogP contribution is -2.32. The largest absolute Gasteiger partial charge is 0.399 e. The van der Waals surface area contributed by atoms with Crippen molar-refractivity contribution in [1.29, 1.82) is 0 Å². The van der Waals surface area contributed by atoms with Gasteiger partial charge in [-0.15, -0.1) is 0 Å². The van der Waals surface area contributed by atoms with Gasteiger partial charge in [0.05, 0.1) is 10.6 Å². The van der Waals surface area contributed by atoms with Crippen LogP contribution in [0.1, 0.15) is 29.6 Å². The molecule has 1 heterocycles. The van der Waals surface area contributed by atoms with E-state index in [-0.39, 0.29) is 5.91 Å². The highest BCUT2D eigenvalue weighted by Gasteiger charge is 2.16. The minimum absolute atomic E-state index is 0.119. The number of halogens is 1. The number of carbonyl (C=O) groups excluding carboxylic acids is 1. The number of hydrogen-bond acceptors (Lipinski definition) is 3. The van der Waals surface area contributed by atoms with Crippen molar-refractivity contribution in [3.05, 3.63) is 28.8 Å². The summed E-state index contributed by atoms with van der Waals surface area (Å²) < 4.78 is 0. The van der Waals surface area contributed by atoms with Crippen LogP contribution >= 0.6 is 23.4 Å². The lowest BCUT2D eigenvalue weighted by molar-refractivity contribution is 0.0953. The summed E-state index contributed by atoms with van der Waals surface area (Å²) in [6.07, 6.45) is 3.73. The summed E-state index contributed by atoms with van der Waals surface area (Å²) in [6, 6.07) is 4.96. The Labute approximate surface area is 116 Å². The Bertz CT molecular complexity index is 433. The van der Waals surface area contributed by atoms with Gasteiger partial charge in [0.15, 0.2) is 0 Å². The molecule has 1 fully saturated rings. The van der Waals surface area contributed by atoms with Crippen LogP contribution in [0.25, 0.3) is 0 Å². The topological polar surface area (TPSA) is 55.1 Å². The fourth-order valence-corrected chi connectivity index (χ4v) is 3.50. The standard InChI is InChI=1S/C13H17ClN2OS/c14-12-7-9(15)4-5-11(12)13(17)16-8-10-3-1-2-6-18-10/h4-5,7,10H,1-3,6,8,15H2,(H,16,17). The van der Waals surface area contributed by atoms with Crippen LogP contribution in [0.2, 0.25) is 5.02 Å². The molecule has 1 atom stereocenters. The fourth-order valence-electron chi connectivity index (χ4n) is 1.99. The van der Waals surface area contributed by atoms with Crippen LogP contribution in [0.5, 0.6) is 0 Å². The van der Waals surface area contributed by atoms with Crippen molar-refractivity contribution in [1.82, 2.24) is 5.32 Å². The van der Waals surface area contributed by atoms with Crippen molar-refractivity contribution in [3.8, 4) is 0 Å². The van der Waals surface area contributed by atoms with Gasteiger partial charge in [0.2, 0.25) is 0 Å². The summed E-state index contributed by atoms with van der Waals surface area (Å²) in [6.45, 7) is 0.713. The first kappa shape index (κ1) is 13.6. The van der Waals surface area contributed by atoms with E-state index in [2.05, 4.69) is 5.32 Å². The molecular formula is C13H17ClN2OS. The number of rotatable bonds is 3. The minimum atomic E-state index is -0.119. The molecule has 0 radical (unpaired) electrons. The van der Waals surface area contributed by atoms with E-state index >= 15 is 0 Å². The molecule has 3 nitrogen and oxygen atoms in total. The van der Waals surface area contributed by atoms with Crippen LogP contribution in [0.3, 0.4) is 0 Å². The molecule has 1 aliphatic rings. The maximum atomic E-state index is 12.0. The lowest BCUT2D eigenvalue weighted by atomic mass is 10.1. The number of hydrogen-bond donors (Lipinski definition) is 2. The molecule has 1 aromatic rings. The van der Waals surface area contributed by atoms with Gasteiger partial charge in [-0.2, -0.15) is 11.8 Å². The van der Waals surface area contributed by atoms with Crippen molar-refractivity contribution in [3.63, 3.8) is 0 Å². The van der Waals surface area contributed by atoms with E-state index in [1.165, 1.54) is 25.0 Å². The average Bonchev–Trinajstić information content (AvgIpc) is 2.37. The molecule has 1 aromatic carbocycles. The first-order valence-electron chi connectivity index (χ1n) is 6.11. The highest BCUT2D eigenvalue weighted by molar-refractivity contribution is 7.99. The Balaban J connectivity index is 1.90. The number of anilines is 1. The molecule has 0 saturated carbocycles. The Morgan fingerprint density at radius 1 is 1.50 bits per heavy atom. The van der Waals surface area contributed by atoms with Crippen LogP contribution in [0, 0.1) is 0 Å². The van der Waals surface area contributed by atoms with Gasteiger partial charge in [-0.05, 0) is 36.8 Å². The molecular weight excluding hydrogens is 268 g/mol. The maximum Gasteiger partial charge on any atom is 0.252 e. The number of nitrogens with one attached hydrogen (secondary N) is 1. The highest BCUT2D eigenvalue weighted by atomic mass is 35.5. The zero-order chi connectivity index (χ0) is 13.0. The van der Waals surface area contributed by atoms with Crippen molar-refractivity contribution in [2.45, 2.75) is 24.5 Å². The minimum Gasteiger partial charge on any atom is -0.399 e. The van der Waals surface area contributed by atoms with Gasteiger partial charge in [-0.25, -0.2) is 0 Å². The zero-order valence-electron chi connectivity index (χ0n) is 10.1. The fraction of sp³-hybridized carbons (Fsp3) is 0.462. The first-order valence-corrected chi connectivity index (χ1v) is 7.54. The molecule has 18 heavy (non-hydrogen) atoms. The van der Waals surface area contributed by atoms with Gasteiger partial charge in [-0.3, -0.25) is 4.79 Å². The van der Waals surface area contributed by atoms with Crippen LogP contribution in [0.15, 0.2) is 18.2 Å². The third-order valence-corrected chi connectivity index (χ3v) is 4.71. The summed E-state index contributed by atoms with van der Waals surface area (Å²) in [5.41, 5.74) is 6.66. The van der Waals surface area contributed by atoms with Crippen molar-refractivity contribution >= 4 is 35.0 Å². The third kappa shape index (κ3) is 3.56. The van der Waals surface area contributed by atoms with Gasteiger partial charge in [-0.1, -0.05) is 18.0 Å². The molecule has 1 amide bonds.